The first-order chi connectivity index (χ1) is 9.29. The number of benzene rings is 1. The lowest BCUT2D eigenvalue weighted by Crippen LogP contribution is -2.15. The van der Waals surface area contributed by atoms with E-state index in [1.807, 2.05) is 0 Å². The average molecular weight is 377 g/mol. The molecular weight excluding hydrogens is 366 g/mol. The summed E-state index contributed by atoms with van der Waals surface area (Å²) in [6.45, 7) is 1.64. The predicted octanol–water partition coefficient (Wildman–Crippen LogP) is 3.19. The fourth-order valence-electron chi connectivity index (χ4n) is 1.61. The number of aromatic nitrogens is 1. The highest BCUT2D eigenvalue weighted by Crippen LogP contribution is 2.27. The number of nitrogen functional groups attached to an aromatic ring is 1. The molecule has 0 saturated carbocycles. The van der Waals surface area contributed by atoms with Gasteiger partial charge in [-0.05, 0) is 30.7 Å². The number of nitrogens with zero attached hydrogens (tertiary/aromatic N) is 1. The third-order valence-electron chi connectivity index (χ3n) is 2.62. The molecule has 1 heterocycles. The summed E-state index contributed by atoms with van der Waals surface area (Å²) in [6, 6.07) is 6.11. The second kappa shape index (κ2) is 5.59. The van der Waals surface area contributed by atoms with Gasteiger partial charge >= 0.3 is 0 Å². The summed E-state index contributed by atoms with van der Waals surface area (Å²) in [6.07, 6.45) is 1.42. The maximum absolute atomic E-state index is 12.4. The highest BCUT2D eigenvalue weighted by atomic mass is 79.9. The zero-order chi connectivity index (χ0) is 14.9. The van der Waals surface area contributed by atoms with Crippen LogP contribution in [0.5, 0.6) is 0 Å². The van der Waals surface area contributed by atoms with E-state index in [2.05, 4.69) is 25.6 Å². The van der Waals surface area contributed by atoms with Gasteiger partial charge in [-0.1, -0.05) is 27.5 Å². The summed E-state index contributed by atoms with van der Waals surface area (Å²) in [4.78, 5) is 4.00. The van der Waals surface area contributed by atoms with Gasteiger partial charge in [0.25, 0.3) is 10.0 Å². The molecule has 106 valence electrons. The number of pyridine rings is 1. The predicted molar refractivity (Wildman–Crippen MR) is 83.3 cm³/mol. The summed E-state index contributed by atoms with van der Waals surface area (Å²) >= 11 is 9.03. The van der Waals surface area contributed by atoms with Crippen molar-refractivity contribution in [3.8, 4) is 0 Å². The molecule has 0 bridgehead atoms. The largest absolute Gasteiger partial charge is 0.398 e. The summed E-state index contributed by atoms with van der Waals surface area (Å²) in [5.41, 5.74) is 6.64. The summed E-state index contributed by atoms with van der Waals surface area (Å²) in [5, 5.41) is 0.392. The van der Waals surface area contributed by atoms with Crippen LogP contribution in [-0.4, -0.2) is 13.4 Å². The number of anilines is 2. The standard InChI is InChI=1S/C12H11BrClN3O2S/c1-7-10(15)4-8(13)5-11(7)20(18,19)17-12-6-9(14)2-3-16-12/h2-6H,15H2,1H3,(H,16,17). The molecule has 0 saturated heterocycles. The van der Waals surface area contributed by atoms with Gasteiger partial charge in [0.05, 0.1) is 4.90 Å². The van der Waals surface area contributed by atoms with Crippen LogP contribution in [0.3, 0.4) is 0 Å². The topological polar surface area (TPSA) is 85.1 Å². The fourth-order valence-corrected chi connectivity index (χ4v) is 3.69. The number of halogens is 2. The molecule has 0 unspecified atom stereocenters. The van der Waals surface area contributed by atoms with Crippen LogP contribution in [-0.2, 0) is 10.0 Å². The Balaban J connectivity index is 2.46. The van der Waals surface area contributed by atoms with Crippen LogP contribution in [0.1, 0.15) is 5.56 Å². The van der Waals surface area contributed by atoms with Crippen molar-refractivity contribution in [2.24, 2.45) is 0 Å². The van der Waals surface area contributed by atoms with E-state index in [-0.39, 0.29) is 10.7 Å². The quantitative estimate of drug-likeness (QED) is 0.806. The molecule has 0 radical (unpaired) electrons. The molecule has 0 aliphatic heterocycles. The maximum atomic E-state index is 12.4. The van der Waals surface area contributed by atoms with Crippen LogP contribution in [0.2, 0.25) is 5.02 Å². The van der Waals surface area contributed by atoms with Gasteiger partial charge in [-0.2, -0.15) is 0 Å². The molecule has 0 spiro atoms. The van der Waals surface area contributed by atoms with Crippen LogP contribution in [0.15, 0.2) is 39.8 Å². The number of hydrogen-bond acceptors (Lipinski definition) is 4. The first-order valence-corrected chi connectivity index (χ1v) is 8.15. The number of nitrogens with one attached hydrogen (secondary N) is 1. The third kappa shape index (κ3) is 3.23. The zero-order valence-corrected chi connectivity index (χ0v) is 13.6. The van der Waals surface area contributed by atoms with Crippen molar-refractivity contribution >= 4 is 49.1 Å². The molecule has 3 N–H and O–H groups in total. The van der Waals surface area contributed by atoms with E-state index in [4.69, 9.17) is 17.3 Å². The average Bonchev–Trinajstić information content (AvgIpc) is 2.33. The van der Waals surface area contributed by atoms with Crippen molar-refractivity contribution in [1.29, 1.82) is 0 Å². The fraction of sp³-hybridized carbons (Fsp3) is 0.0833. The highest BCUT2D eigenvalue weighted by Gasteiger charge is 2.19. The molecule has 20 heavy (non-hydrogen) atoms. The zero-order valence-electron chi connectivity index (χ0n) is 10.4. The molecular formula is C12H11BrClN3O2S. The lowest BCUT2D eigenvalue weighted by molar-refractivity contribution is 0.600. The monoisotopic (exact) mass is 375 g/mol. The molecule has 1 aromatic carbocycles. The molecule has 0 aliphatic rings. The van der Waals surface area contributed by atoms with E-state index in [1.165, 1.54) is 18.3 Å². The Hall–Kier alpha value is -1.31. The van der Waals surface area contributed by atoms with Gasteiger partial charge in [-0.3, -0.25) is 4.72 Å². The number of nitrogens with two attached hydrogens (primary N) is 1. The minimum atomic E-state index is -3.79. The SMILES string of the molecule is Cc1c(N)cc(Br)cc1S(=O)(=O)Nc1cc(Cl)ccn1. The Morgan fingerprint density at radius 3 is 2.70 bits per heavy atom. The van der Waals surface area contributed by atoms with E-state index in [9.17, 15) is 8.42 Å². The summed E-state index contributed by atoms with van der Waals surface area (Å²) in [7, 11) is -3.79. The van der Waals surface area contributed by atoms with E-state index in [0.717, 1.165) is 0 Å². The molecule has 0 amide bonds. The molecule has 0 fully saturated rings. The van der Waals surface area contributed by atoms with Gasteiger partial charge in [0.2, 0.25) is 0 Å². The summed E-state index contributed by atoms with van der Waals surface area (Å²) < 4.78 is 27.7. The molecule has 1 aromatic heterocycles. The van der Waals surface area contributed by atoms with Crippen LogP contribution < -0.4 is 10.5 Å². The summed E-state index contributed by atoms with van der Waals surface area (Å²) in [5.74, 6) is 0.149. The second-order valence-corrected chi connectivity index (χ2v) is 7.09. The number of hydrogen-bond donors (Lipinski definition) is 2. The van der Waals surface area contributed by atoms with Crippen LogP contribution >= 0.6 is 27.5 Å². The van der Waals surface area contributed by atoms with Crippen molar-refractivity contribution in [2.45, 2.75) is 11.8 Å². The Kier molecular flexibility index (Phi) is 4.22. The van der Waals surface area contributed by atoms with Gasteiger partial charge < -0.3 is 5.73 Å². The van der Waals surface area contributed by atoms with Crippen LogP contribution in [0.25, 0.3) is 0 Å². The highest BCUT2D eigenvalue weighted by molar-refractivity contribution is 9.10. The van der Waals surface area contributed by atoms with Crippen molar-refractivity contribution in [3.63, 3.8) is 0 Å². The number of sulfonamides is 1. The van der Waals surface area contributed by atoms with E-state index >= 15 is 0 Å². The van der Waals surface area contributed by atoms with Gasteiger partial charge in [-0.15, -0.1) is 0 Å². The Bertz CT molecular complexity index is 765. The molecule has 0 aliphatic carbocycles. The molecule has 2 aromatic rings. The molecule has 2 rings (SSSR count). The van der Waals surface area contributed by atoms with E-state index in [1.54, 1.807) is 19.1 Å². The smallest absolute Gasteiger partial charge is 0.263 e. The van der Waals surface area contributed by atoms with Crippen molar-refractivity contribution in [3.05, 3.63) is 45.5 Å². The Morgan fingerprint density at radius 1 is 1.35 bits per heavy atom. The Morgan fingerprint density at radius 2 is 2.05 bits per heavy atom. The maximum Gasteiger partial charge on any atom is 0.263 e. The van der Waals surface area contributed by atoms with Crippen LogP contribution in [0.4, 0.5) is 11.5 Å². The van der Waals surface area contributed by atoms with Crippen molar-refractivity contribution < 1.29 is 8.42 Å². The van der Waals surface area contributed by atoms with Crippen molar-refractivity contribution in [2.75, 3.05) is 10.5 Å². The minimum Gasteiger partial charge on any atom is -0.398 e. The molecule has 0 atom stereocenters. The lowest BCUT2D eigenvalue weighted by Gasteiger charge is -2.12. The van der Waals surface area contributed by atoms with Gasteiger partial charge in [0, 0.05) is 27.4 Å². The van der Waals surface area contributed by atoms with Gasteiger partial charge in [0.1, 0.15) is 5.82 Å². The van der Waals surface area contributed by atoms with Crippen molar-refractivity contribution in [1.82, 2.24) is 4.98 Å². The second-order valence-electron chi connectivity index (χ2n) is 4.08. The minimum absolute atomic E-state index is 0.0890. The van der Waals surface area contributed by atoms with E-state index in [0.29, 0.717) is 20.7 Å². The normalized spacial score (nSPS) is 11.3. The molecule has 8 heteroatoms. The first kappa shape index (κ1) is 15.1. The van der Waals surface area contributed by atoms with Gasteiger partial charge in [0.15, 0.2) is 0 Å². The van der Waals surface area contributed by atoms with Crippen LogP contribution in [0, 0.1) is 6.92 Å². The van der Waals surface area contributed by atoms with Gasteiger partial charge in [-0.25, -0.2) is 13.4 Å². The number of rotatable bonds is 3. The first-order valence-electron chi connectivity index (χ1n) is 5.49. The molecule has 5 nitrogen and oxygen atoms in total. The third-order valence-corrected chi connectivity index (χ3v) is 4.79. The van der Waals surface area contributed by atoms with E-state index < -0.39 is 10.0 Å². The lowest BCUT2D eigenvalue weighted by atomic mass is 10.2. The Labute approximate surface area is 130 Å².